The van der Waals surface area contributed by atoms with Crippen molar-refractivity contribution in [2.24, 2.45) is 7.05 Å². The van der Waals surface area contributed by atoms with Crippen LogP contribution in [0.15, 0.2) is 54.6 Å². The second kappa shape index (κ2) is 7.42. The number of benzene rings is 2. The van der Waals surface area contributed by atoms with Crippen LogP contribution in [0.4, 0.5) is 0 Å². The van der Waals surface area contributed by atoms with Gasteiger partial charge in [-0.05, 0) is 11.6 Å². The second-order valence-corrected chi connectivity index (χ2v) is 7.65. The zero-order valence-electron chi connectivity index (χ0n) is 14.5. The Kier molecular flexibility index (Phi) is 5.25. The number of hydrogen-bond acceptors (Lipinski definition) is 3. The highest BCUT2D eigenvalue weighted by Crippen LogP contribution is 2.34. The first kappa shape index (κ1) is 17.7. The Morgan fingerprint density at radius 1 is 1.08 bits per heavy atom. The molecule has 3 nitrogen and oxygen atoms in total. The molecule has 3 aromatic rings. The molecule has 0 unspecified atom stereocenters. The smallest absolute Gasteiger partial charge is 0.175 e. The first-order valence-corrected chi connectivity index (χ1v) is 9.40. The number of para-hydroxylation sites is 1. The fourth-order valence-corrected chi connectivity index (χ4v) is 3.77. The van der Waals surface area contributed by atoms with Crippen molar-refractivity contribution in [2.45, 2.75) is 0 Å². The molecule has 0 radical (unpaired) electrons. The molecule has 0 spiro atoms. The van der Waals surface area contributed by atoms with Crippen LogP contribution in [0.1, 0.15) is 10.4 Å². The summed E-state index contributed by atoms with van der Waals surface area (Å²) in [5.41, 5.74) is 3.84. The van der Waals surface area contributed by atoms with E-state index < -0.39 is 0 Å². The van der Waals surface area contributed by atoms with Crippen LogP contribution in [0, 0.1) is 0 Å². The van der Waals surface area contributed by atoms with Crippen LogP contribution in [0.5, 0.6) is 0 Å². The maximum absolute atomic E-state index is 13.1. The maximum atomic E-state index is 13.1. The van der Waals surface area contributed by atoms with Crippen LogP contribution < -0.4 is 0 Å². The van der Waals surface area contributed by atoms with Gasteiger partial charge < -0.3 is 9.47 Å². The summed E-state index contributed by atoms with van der Waals surface area (Å²) in [5.74, 6) is 0.440. The maximum Gasteiger partial charge on any atom is 0.175 e. The summed E-state index contributed by atoms with van der Waals surface area (Å²) >= 11 is 6.71. The zero-order valence-corrected chi connectivity index (χ0v) is 16.2. The van der Waals surface area contributed by atoms with Gasteiger partial charge in [0.05, 0.1) is 17.0 Å². The van der Waals surface area contributed by atoms with E-state index in [2.05, 4.69) is 10.6 Å². The van der Waals surface area contributed by atoms with Crippen molar-refractivity contribution >= 4 is 45.0 Å². The summed E-state index contributed by atoms with van der Waals surface area (Å²) in [6.45, 7) is 0. The lowest BCUT2D eigenvalue weighted by Gasteiger charge is -2.12. The number of thiocarbonyl (C=S) groups is 1. The number of fused-ring (bicyclic) bond motifs is 1. The molecule has 0 saturated carbocycles. The van der Waals surface area contributed by atoms with Crippen LogP contribution in [-0.2, 0) is 7.05 Å². The number of nitrogens with zero attached hydrogens (tertiary/aromatic N) is 2. The first-order chi connectivity index (χ1) is 12.0. The number of aryl methyl sites for hydroxylation is 1. The van der Waals surface area contributed by atoms with Gasteiger partial charge in [0.15, 0.2) is 5.78 Å². The first-order valence-electron chi connectivity index (χ1n) is 8.01. The van der Waals surface area contributed by atoms with Crippen molar-refractivity contribution in [1.82, 2.24) is 9.47 Å². The molecule has 2 aromatic carbocycles. The van der Waals surface area contributed by atoms with E-state index in [-0.39, 0.29) is 5.78 Å². The van der Waals surface area contributed by atoms with Crippen LogP contribution in [0.2, 0.25) is 0 Å². The highest BCUT2D eigenvalue weighted by molar-refractivity contribution is 8.23. The molecule has 0 aliphatic carbocycles. The lowest BCUT2D eigenvalue weighted by Crippen LogP contribution is -2.18. The summed E-state index contributed by atoms with van der Waals surface area (Å²) in [6.07, 6.45) is 0. The van der Waals surface area contributed by atoms with E-state index >= 15 is 0 Å². The minimum atomic E-state index is 0.102. The van der Waals surface area contributed by atoms with E-state index in [0.29, 0.717) is 5.75 Å². The molecular formula is C20H20N2OS2. The summed E-state index contributed by atoms with van der Waals surface area (Å²) in [4.78, 5) is 14.9. The van der Waals surface area contributed by atoms with Gasteiger partial charge in [0, 0.05) is 32.0 Å². The van der Waals surface area contributed by atoms with Crippen LogP contribution >= 0.6 is 24.0 Å². The van der Waals surface area contributed by atoms with Crippen molar-refractivity contribution < 1.29 is 4.79 Å². The molecule has 1 aromatic heterocycles. The molecular weight excluding hydrogens is 348 g/mol. The van der Waals surface area contributed by atoms with Gasteiger partial charge in [-0.3, -0.25) is 4.79 Å². The van der Waals surface area contributed by atoms with Crippen molar-refractivity contribution in [3.05, 3.63) is 60.2 Å². The Morgan fingerprint density at radius 3 is 2.40 bits per heavy atom. The number of carbonyl (C=O) groups excluding carboxylic acids is 1. The summed E-state index contributed by atoms with van der Waals surface area (Å²) in [6, 6.07) is 18.1. The highest BCUT2D eigenvalue weighted by Gasteiger charge is 2.22. The number of aromatic nitrogens is 1. The topological polar surface area (TPSA) is 25.2 Å². The van der Waals surface area contributed by atoms with Gasteiger partial charge in [-0.25, -0.2) is 0 Å². The van der Waals surface area contributed by atoms with E-state index in [1.807, 2.05) is 74.6 Å². The van der Waals surface area contributed by atoms with Crippen LogP contribution in [0.3, 0.4) is 0 Å². The van der Waals surface area contributed by atoms with Gasteiger partial charge in [-0.2, -0.15) is 0 Å². The van der Waals surface area contributed by atoms with Gasteiger partial charge in [0.2, 0.25) is 0 Å². The third-order valence-corrected chi connectivity index (χ3v) is 5.86. The molecule has 0 atom stereocenters. The molecule has 3 rings (SSSR count). The monoisotopic (exact) mass is 368 g/mol. The molecule has 5 heteroatoms. The van der Waals surface area contributed by atoms with Gasteiger partial charge in [-0.1, -0.05) is 72.5 Å². The number of carbonyl (C=O) groups is 1. The standard InChI is InChI=1S/C20H20N2OS2/c1-21(2)20(24)25-13-17(23)18-15-11-7-8-12-16(15)22(3)19(18)14-9-5-4-6-10-14/h4-12H,13H2,1-3H3. The molecule has 0 aliphatic heterocycles. The third-order valence-electron chi connectivity index (χ3n) is 4.12. The number of thioether (sulfide) groups is 1. The SMILES string of the molecule is CN(C)C(=S)SCC(=O)c1c(-c2ccccc2)n(C)c2ccccc12. The van der Waals surface area contributed by atoms with E-state index in [4.69, 9.17) is 12.2 Å². The van der Waals surface area contributed by atoms with Crippen LogP contribution in [0.25, 0.3) is 22.2 Å². The lowest BCUT2D eigenvalue weighted by atomic mass is 10.0. The summed E-state index contributed by atoms with van der Waals surface area (Å²) in [7, 11) is 5.80. The molecule has 0 bridgehead atoms. The minimum Gasteiger partial charge on any atom is -0.364 e. The Hall–Kier alpha value is -2.11. The average molecular weight is 369 g/mol. The molecule has 0 fully saturated rings. The molecule has 0 aliphatic rings. The second-order valence-electron chi connectivity index (χ2n) is 6.04. The van der Waals surface area contributed by atoms with Crippen molar-refractivity contribution in [1.29, 1.82) is 0 Å². The van der Waals surface area contributed by atoms with E-state index in [1.54, 1.807) is 0 Å². The predicted octanol–water partition coefficient (Wildman–Crippen LogP) is 4.61. The van der Waals surface area contributed by atoms with Crippen molar-refractivity contribution in [3.8, 4) is 11.3 Å². The number of ketones is 1. The number of rotatable bonds is 4. The van der Waals surface area contributed by atoms with Crippen LogP contribution in [-0.4, -0.2) is 39.4 Å². The quantitative estimate of drug-likeness (QED) is 0.496. The van der Waals surface area contributed by atoms with Gasteiger partial charge >= 0.3 is 0 Å². The Labute approximate surface area is 157 Å². The minimum absolute atomic E-state index is 0.102. The third kappa shape index (κ3) is 3.48. The summed E-state index contributed by atoms with van der Waals surface area (Å²) in [5, 5.41) is 0.991. The molecule has 128 valence electrons. The van der Waals surface area contributed by atoms with Crippen molar-refractivity contribution in [2.75, 3.05) is 19.8 Å². The Bertz CT molecular complexity index is 930. The van der Waals surface area contributed by atoms with Gasteiger partial charge in [0.25, 0.3) is 0 Å². The van der Waals surface area contributed by atoms with E-state index in [0.717, 1.165) is 32.0 Å². The molecule has 0 saturated heterocycles. The fraction of sp³-hybridized carbons (Fsp3) is 0.200. The predicted molar refractivity (Wildman–Crippen MR) is 111 cm³/mol. The molecule has 1 heterocycles. The van der Waals surface area contributed by atoms with E-state index in [1.165, 1.54) is 11.8 Å². The fourth-order valence-electron chi connectivity index (χ4n) is 2.94. The molecule has 0 N–H and O–H groups in total. The van der Waals surface area contributed by atoms with Gasteiger partial charge in [0.1, 0.15) is 4.32 Å². The highest BCUT2D eigenvalue weighted by atomic mass is 32.2. The van der Waals surface area contributed by atoms with E-state index in [9.17, 15) is 4.79 Å². The molecule has 0 amide bonds. The Balaban J connectivity index is 2.10. The zero-order chi connectivity index (χ0) is 18.0. The largest absolute Gasteiger partial charge is 0.364 e. The molecule has 25 heavy (non-hydrogen) atoms. The lowest BCUT2D eigenvalue weighted by molar-refractivity contribution is 0.102. The average Bonchev–Trinajstić information content (AvgIpc) is 2.93. The number of hydrogen-bond donors (Lipinski definition) is 0. The number of Topliss-reactive ketones (excluding diaryl/α,β-unsaturated/α-hetero) is 1. The summed E-state index contributed by atoms with van der Waals surface area (Å²) < 4.78 is 2.82. The Morgan fingerprint density at radius 2 is 1.72 bits per heavy atom. The van der Waals surface area contributed by atoms with Gasteiger partial charge in [-0.15, -0.1) is 0 Å². The van der Waals surface area contributed by atoms with Crippen molar-refractivity contribution in [3.63, 3.8) is 0 Å². The normalized spacial score (nSPS) is 10.8.